The van der Waals surface area contributed by atoms with Crippen LogP contribution < -0.4 is 5.32 Å². The minimum atomic E-state index is -0.0586. The Morgan fingerprint density at radius 2 is 1.59 bits per heavy atom. The summed E-state index contributed by atoms with van der Waals surface area (Å²) in [6.45, 7) is 4.07. The molecule has 3 aromatic carbocycles. The average Bonchev–Trinajstić information content (AvgIpc) is 2.87. The Hall–Kier alpha value is -3.88. The van der Waals surface area contributed by atoms with E-state index in [9.17, 15) is 10.1 Å². The number of amides is 1. The van der Waals surface area contributed by atoms with Crippen LogP contribution in [0.4, 0.5) is 5.69 Å². The van der Waals surface area contributed by atoms with Crippen LogP contribution in [-0.4, -0.2) is 16.6 Å². The van der Waals surface area contributed by atoms with Gasteiger partial charge in [-0.05, 0) is 48.7 Å². The Morgan fingerprint density at radius 3 is 2.24 bits per heavy atom. The summed E-state index contributed by atoms with van der Waals surface area (Å²) in [7, 11) is 0. The lowest BCUT2D eigenvalue weighted by molar-refractivity contribution is -0.115. The van der Waals surface area contributed by atoms with E-state index >= 15 is 0 Å². The first kappa shape index (κ1) is 23.3. The molecule has 4 nitrogen and oxygen atoms in total. The van der Waals surface area contributed by atoms with Crippen molar-refractivity contribution < 1.29 is 4.79 Å². The Kier molecular flexibility index (Phi) is 7.41. The molecule has 34 heavy (non-hydrogen) atoms. The molecule has 1 aromatic heterocycles. The first-order valence-electron chi connectivity index (χ1n) is 11.1. The summed E-state index contributed by atoms with van der Waals surface area (Å²) in [5.74, 6) is 0.460. The number of thioether (sulfide) groups is 1. The average molecular weight is 464 g/mol. The third kappa shape index (κ3) is 5.54. The largest absolute Gasteiger partial charge is 0.326 e. The van der Waals surface area contributed by atoms with E-state index in [1.807, 2.05) is 98.8 Å². The fourth-order valence-electron chi connectivity index (χ4n) is 3.62. The number of aromatic nitrogens is 1. The van der Waals surface area contributed by atoms with Crippen LogP contribution in [0.1, 0.15) is 23.1 Å². The number of nitrogens with one attached hydrogen (secondary N) is 1. The first-order valence-corrected chi connectivity index (χ1v) is 12.1. The molecule has 0 saturated heterocycles. The lowest BCUT2D eigenvalue weighted by atomic mass is 9.99. The van der Waals surface area contributed by atoms with Crippen molar-refractivity contribution in [3.63, 3.8) is 0 Å². The SMILES string of the molecule is Cc1ccc(NC(=O)CCSc2nc(-c3ccccc3)cc(-c3ccccc3)c2C#N)cc1C. The van der Waals surface area contributed by atoms with E-state index < -0.39 is 0 Å². The second-order valence-corrected chi connectivity index (χ2v) is 9.11. The van der Waals surface area contributed by atoms with Crippen LogP contribution in [0.25, 0.3) is 22.4 Å². The van der Waals surface area contributed by atoms with E-state index in [1.54, 1.807) is 0 Å². The maximum absolute atomic E-state index is 12.5. The van der Waals surface area contributed by atoms with Crippen LogP contribution in [0, 0.1) is 25.2 Å². The number of nitriles is 1. The van der Waals surface area contributed by atoms with Crippen LogP contribution in [-0.2, 0) is 4.79 Å². The second-order valence-electron chi connectivity index (χ2n) is 8.02. The number of benzene rings is 3. The van der Waals surface area contributed by atoms with Gasteiger partial charge in [-0.3, -0.25) is 4.79 Å². The molecule has 168 valence electrons. The summed E-state index contributed by atoms with van der Waals surface area (Å²) >= 11 is 1.44. The minimum Gasteiger partial charge on any atom is -0.326 e. The van der Waals surface area contributed by atoms with Gasteiger partial charge in [-0.1, -0.05) is 66.7 Å². The topological polar surface area (TPSA) is 65.8 Å². The van der Waals surface area contributed by atoms with Crippen molar-refractivity contribution in [2.75, 3.05) is 11.1 Å². The minimum absolute atomic E-state index is 0.0586. The highest BCUT2D eigenvalue weighted by Gasteiger charge is 2.16. The van der Waals surface area contributed by atoms with Gasteiger partial charge in [0.2, 0.25) is 5.91 Å². The van der Waals surface area contributed by atoms with Gasteiger partial charge in [0.15, 0.2) is 0 Å². The van der Waals surface area contributed by atoms with Gasteiger partial charge < -0.3 is 5.32 Å². The molecule has 1 heterocycles. The van der Waals surface area contributed by atoms with Crippen LogP contribution in [0.2, 0.25) is 0 Å². The van der Waals surface area contributed by atoms with Gasteiger partial charge in [-0.2, -0.15) is 5.26 Å². The van der Waals surface area contributed by atoms with Crippen molar-refractivity contribution in [1.82, 2.24) is 4.98 Å². The Bertz CT molecular complexity index is 1350. The quantitative estimate of drug-likeness (QED) is 0.299. The fraction of sp³-hybridized carbons (Fsp3) is 0.138. The zero-order valence-electron chi connectivity index (χ0n) is 19.2. The summed E-state index contributed by atoms with van der Waals surface area (Å²) in [5, 5.41) is 13.6. The van der Waals surface area contributed by atoms with Crippen LogP contribution in [0.5, 0.6) is 0 Å². The lowest BCUT2D eigenvalue weighted by Crippen LogP contribution is -2.12. The molecule has 0 aliphatic heterocycles. The molecule has 0 atom stereocenters. The Labute approximate surface area is 204 Å². The van der Waals surface area contributed by atoms with Gasteiger partial charge in [0, 0.05) is 29.0 Å². The standard InChI is InChI=1S/C29H25N3OS/c1-20-13-14-24(17-21(20)2)31-28(33)15-16-34-29-26(19-30)25(22-9-5-3-6-10-22)18-27(32-29)23-11-7-4-8-12-23/h3-14,17-18H,15-16H2,1-2H3,(H,31,33). The smallest absolute Gasteiger partial charge is 0.225 e. The second kappa shape index (κ2) is 10.8. The van der Waals surface area contributed by atoms with Crippen molar-refractivity contribution in [3.8, 4) is 28.5 Å². The molecular formula is C29H25N3OS. The number of rotatable bonds is 7. The molecule has 5 heteroatoms. The molecule has 0 aliphatic rings. The number of carbonyl (C=O) groups excluding carboxylic acids is 1. The fourth-order valence-corrected chi connectivity index (χ4v) is 4.56. The Morgan fingerprint density at radius 1 is 0.912 bits per heavy atom. The third-order valence-corrected chi connectivity index (χ3v) is 6.59. The zero-order valence-corrected chi connectivity index (χ0v) is 20.0. The highest BCUT2D eigenvalue weighted by molar-refractivity contribution is 7.99. The molecular weight excluding hydrogens is 438 g/mol. The molecule has 1 N–H and O–H groups in total. The summed E-state index contributed by atoms with van der Waals surface area (Å²) in [6, 6.07) is 30.0. The molecule has 0 unspecified atom stereocenters. The molecule has 0 saturated carbocycles. The number of hydrogen-bond donors (Lipinski definition) is 1. The maximum Gasteiger partial charge on any atom is 0.225 e. The molecule has 0 spiro atoms. The van der Waals surface area contributed by atoms with Gasteiger partial charge in [0.1, 0.15) is 11.1 Å². The van der Waals surface area contributed by atoms with E-state index in [2.05, 4.69) is 11.4 Å². The number of anilines is 1. The van der Waals surface area contributed by atoms with Crippen molar-refractivity contribution in [1.29, 1.82) is 5.26 Å². The number of pyridine rings is 1. The molecule has 0 bridgehead atoms. The van der Waals surface area contributed by atoms with Gasteiger partial charge in [-0.15, -0.1) is 11.8 Å². The Balaban J connectivity index is 1.57. The van der Waals surface area contributed by atoms with Crippen molar-refractivity contribution in [3.05, 3.63) is 102 Å². The van der Waals surface area contributed by atoms with Crippen LogP contribution in [0.15, 0.2) is 90.0 Å². The van der Waals surface area contributed by atoms with Gasteiger partial charge in [0.05, 0.1) is 11.3 Å². The van der Waals surface area contributed by atoms with E-state index in [0.29, 0.717) is 22.8 Å². The predicted octanol–water partition coefficient (Wildman–Crippen LogP) is 7.03. The van der Waals surface area contributed by atoms with Crippen molar-refractivity contribution in [2.45, 2.75) is 25.3 Å². The molecule has 1 amide bonds. The zero-order chi connectivity index (χ0) is 23.9. The maximum atomic E-state index is 12.5. The van der Waals surface area contributed by atoms with Gasteiger partial charge >= 0.3 is 0 Å². The van der Waals surface area contributed by atoms with Crippen molar-refractivity contribution >= 4 is 23.4 Å². The van der Waals surface area contributed by atoms with E-state index in [-0.39, 0.29) is 5.91 Å². The molecule has 0 aliphatic carbocycles. The highest BCUT2D eigenvalue weighted by atomic mass is 32.2. The van der Waals surface area contributed by atoms with Crippen molar-refractivity contribution in [2.24, 2.45) is 0 Å². The molecule has 4 rings (SSSR count). The number of nitrogens with zero attached hydrogens (tertiary/aromatic N) is 2. The summed E-state index contributed by atoms with van der Waals surface area (Å²) < 4.78 is 0. The van der Waals surface area contributed by atoms with Gasteiger partial charge in [0.25, 0.3) is 0 Å². The van der Waals surface area contributed by atoms with Crippen LogP contribution in [0.3, 0.4) is 0 Å². The normalized spacial score (nSPS) is 10.5. The van der Waals surface area contributed by atoms with E-state index in [4.69, 9.17) is 4.98 Å². The summed E-state index contributed by atoms with van der Waals surface area (Å²) in [6.07, 6.45) is 0.320. The molecule has 4 aromatic rings. The number of aryl methyl sites for hydroxylation is 2. The summed E-state index contributed by atoms with van der Waals surface area (Å²) in [5.41, 5.74) is 7.26. The monoisotopic (exact) mass is 463 g/mol. The summed E-state index contributed by atoms with van der Waals surface area (Å²) in [4.78, 5) is 17.3. The van der Waals surface area contributed by atoms with Gasteiger partial charge in [-0.25, -0.2) is 4.98 Å². The van der Waals surface area contributed by atoms with E-state index in [1.165, 1.54) is 17.3 Å². The number of carbonyl (C=O) groups is 1. The number of hydrogen-bond acceptors (Lipinski definition) is 4. The van der Waals surface area contributed by atoms with E-state index in [0.717, 1.165) is 33.6 Å². The lowest BCUT2D eigenvalue weighted by Gasteiger charge is -2.13. The third-order valence-electron chi connectivity index (χ3n) is 5.61. The predicted molar refractivity (Wildman–Crippen MR) is 140 cm³/mol. The highest BCUT2D eigenvalue weighted by Crippen LogP contribution is 2.34. The molecule has 0 fully saturated rings. The molecule has 0 radical (unpaired) electrons. The van der Waals surface area contributed by atoms with Crippen LogP contribution >= 0.6 is 11.8 Å². The first-order chi connectivity index (χ1) is 16.5.